The summed E-state index contributed by atoms with van der Waals surface area (Å²) in [6.45, 7) is 2.75. The van der Waals surface area contributed by atoms with Crippen molar-refractivity contribution in [3.8, 4) is 23.0 Å². The van der Waals surface area contributed by atoms with Crippen LogP contribution in [0.5, 0.6) is 23.0 Å². The average Bonchev–Trinajstić information content (AvgIpc) is 3.78. The minimum atomic E-state index is -3.04. The first-order valence-electron chi connectivity index (χ1n) is 12.4. The molecule has 0 saturated heterocycles. The van der Waals surface area contributed by atoms with Gasteiger partial charge in [0.05, 0.1) is 20.8 Å². The van der Waals surface area contributed by atoms with Crippen LogP contribution in [-0.2, 0) is 4.74 Å². The van der Waals surface area contributed by atoms with E-state index in [2.05, 4.69) is 16.6 Å². The normalized spacial score (nSPS) is 14.7. The van der Waals surface area contributed by atoms with E-state index < -0.39 is 18.8 Å². The number of ether oxygens (including phenoxy) is 5. The highest BCUT2D eigenvalue weighted by atomic mass is 35.5. The molecule has 1 amide bonds. The standard InChI is InChI=1S/C29H31Cl2F2NO6/c1-5-21(30)20(22(31)6-2)15-25(40-29(35)34-19-10-12-23(36-3)26(14-19)37-4)18-9-11-24(39-28(32)33)27(13-18)38-16-17-7-8-17/h5-6,9-14,17,25,28H,1,7-8,15-16H2,2-4H3,(H,34,35)/b21-20+,22-6+/t25-/m0/s1. The third-order valence-electron chi connectivity index (χ3n) is 6.01. The van der Waals surface area contributed by atoms with Gasteiger partial charge in [-0.3, -0.25) is 5.32 Å². The summed E-state index contributed by atoms with van der Waals surface area (Å²) in [6.07, 6.45) is 3.37. The van der Waals surface area contributed by atoms with E-state index in [4.69, 9.17) is 42.1 Å². The van der Waals surface area contributed by atoms with Crippen molar-refractivity contribution in [2.24, 2.45) is 5.92 Å². The summed E-state index contributed by atoms with van der Waals surface area (Å²) in [4.78, 5) is 13.1. The summed E-state index contributed by atoms with van der Waals surface area (Å²) < 4.78 is 52.9. The summed E-state index contributed by atoms with van der Waals surface area (Å²) >= 11 is 12.8. The quantitative estimate of drug-likeness (QED) is 0.220. The molecule has 11 heteroatoms. The molecule has 2 aromatic carbocycles. The van der Waals surface area contributed by atoms with Gasteiger partial charge in [0.15, 0.2) is 23.0 Å². The van der Waals surface area contributed by atoms with Crippen molar-refractivity contribution in [2.45, 2.75) is 38.9 Å². The second kappa shape index (κ2) is 14.8. The zero-order chi connectivity index (χ0) is 29.2. The number of alkyl halides is 2. The van der Waals surface area contributed by atoms with Crippen LogP contribution in [0.4, 0.5) is 19.3 Å². The zero-order valence-electron chi connectivity index (χ0n) is 22.3. The first kappa shape index (κ1) is 31.1. The number of hydrogen-bond acceptors (Lipinski definition) is 6. The number of methoxy groups -OCH3 is 2. The SMILES string of the molecule is C=C/C(Cl)=C(C[C@H](OC(=O)Nc1ccc(OC)c(OC)c1)c1ccc(OC(F)F)c(OCC2CC2)c1)\C(Cl)=C/C. The molecule has 1 aliphatic rings. The molecule has 3 rings (SSSR count). The monoisotopic (exact) mass is 597 g/mol. The fraction of sp³-hybridized carbons (Fsp3) is 0.345. The predicted octanol–water partition coefficient (Wildman–Crippen LogP) is 8.60. The minimum Gasteiger partial charge on any atom is -0.493 e. The van der Waals surface area contributed by atoms with Crippen LogP contribution in [-0.4, -0.2) is 33.5 Å². The summed E-state index contributed by atoms with van der Waals surface area (Å²) in [5.41, 5.74) is 1.31. The first-order chi connectivity index (χ1) is 19.2. The number of amides is 1. The van der Waals surface area contributed by atoms with Gasteiger partial charge in [-0.15, -0.1) is 0 Å². The van der Waals surface area contributed by atoms with E-state index in [0.717, 1.165) is 12.8 Å². The molecular formula is C29H31Cl2F2NO6. The number of allylic oxidation sites excluding steroid dienone is 4. The number of nitrogens with one attached hydrogen (secondary N) is 1. The third-order valence-corrected chi connectivity index (χ3v) is 6.83. The molecule has 0 unspecified atom stereocenters. The van der Waals surface area contributed by atoms with Crippen LogP contribution in [0, 0.1) is 5.92 Å². The van der Waals surface area contributed by atoms with Gasteiger partial charge in [-0.25, -0.2) is 4.79 Å². The van der Waals surface area contributed by atoms with Gasteiger partial charge in [0, 0.05) is 28.2 Å². The molecule has 1 fully saturated rings. The lowest BCUT2D eigenvalue weighted by molar-refractivity contribution is -0.0515. The Morgan fingerprint density at radius 2 is 1.77 bits per heavy atom. The van der Waals surface area contributed by atoms with E-state index in [1.54, 1.807) is 31.2 Å². The third kappa shape index (κ3) is 8.79. The molecule has 0 aromatic heterocycles. The topological polar surface area (TPSA) is 75.3 Å². The number of benzene rings is 2. The Labute approximate surface area is 242 Å². The van der Waals surface area contributed by atoms with E-state index in [1.807, 2.05) is 0 Å². The Morgan fingerprint density at radius 1 is 1.07 bits per heavy atom. The Bertz CT molecular complexity index is 1260. The molecule has 0 bridgehead atoms. The van der Waals surface area contributed by atoms with Crippen LogP contribution in [0.2, 0.25) is 0 Å². The molecule has 7 nitrogen and oxygen atoms in total. The zero-order valence-corrected chi connectivity index (χ0v) is 23.9. The highest BCUT2D eigenvalue weighted by Gasteiger charge is 2.26. The summed E-state index contributed by atoms with van der Waals surface area (Å²) in [5.74, 6) is 1.23. The molecule has 0 heterocycles. The van der Waals surface area contributed by atoms with Crippen molar-refractivity contribution in [1.29, 1.82) is 0 Å². The van der Waals surface area contributed by atoms with Gasteiger partial charge in [-0.2, -0.15) is 8.78 Å². The Hall–Kier alpha value is -3.43. The van der Waals surface area contributed by atoms with Crippen molar-refractivity contribution < 1.29 is 37.3 Å². The number of anilines is 1. The van der Waals surface area contributed by atoms with Crippen molar-refractivity contribution in [3.63, 3.8) is 0 Å². The van der Waals surface area contributed by atoms with E-state index in [-0.39, 0.29) is 23.0 Å². The maximum atomic E-state index is 13.1. The van der Waals surface area contributed by atoms with Crippen molar-refractivity contribution in [1.82, 2.24) is 0 Å². The number of rotatable bonds is 14. The highest BCUT2D eigenvalue weighted by Crippen LogP contribution is 2.39. The predicted molar refractivity (Wildman–Crippen MR) is 151 cm³/mol. The molecule has 0 aliphatic heterocycles. The molecule has 216 valence electrons. The first-order valence-corrected chi connectivity index (χ1v) is 13.2. The van der Waals surface area contributed by atoms with Gasteiger partial charge in [-0.1, -0.05) is 48.0 Å². The maximum Gasteiger partial charge on any atom is 0.412 e. The van der Waals surface area contributed by atoms with Crippen LogP contribution in [0.3, 0.4) is 0 Å². The Balaban J connectivity index is 1.95. The van der Waals surface area contributed by atoms with Gasteiger partial charge >= 0.3 is 12.7 Å². The average molecular weight is 598 g/mol. The van der Waals surface area contributed by atoms with E-state index in [0.29, 0.717) is 45.9 Å². The largest absolute Gasteiger partial charge is 0.493 e. The summed E-state index contributed by atoms with van der Waals surface area (Å²) in [7, 11) is 2.97. The summed E-state index contributed by atoms with van der Waals surface area (Å²) in [5, 5.41) is 3.26. The smallest absolute Gasteiger partial charge is 0.412 e. The van der Waals surface area contributed by atoms with Crippen LogP contribution in [0.15, 0.2) is 70.8 Å². The number of hydrogen-bond donors (Lipinski definition) is 1. The second-order valence-corrected chi connectivity index (χ2v) is 9.61. The molecule has 1 saturated carbocycles. The van der Waals surface area contributed by atoms with E-state index in [9.17, 15) is 13.6 Å². The van der Waals surface area contributed by atoms with Gasteiger partial charge in [0.25, 0.3) is 0 Å². The van der Waals surface area contributed by atoms with E-state index in [1.165, 1.54) is 38.5 Å². The van der Waals surface area contributed by atoms with Crippen molar-refractivity contribution in [3.05, 3.63) is 76.3 Å². The lowest BCUT2D eigenvalue weighted by Gasteiger charge is -2.22. The number of carbonyl (C=O) groups excluding carboxylic acids is 1. The van der Waals surface area contributed by atoms with Crippen LogP contribution < -0.4 is 24.3 Å². The van der Waals surface area contributed by atoms with Crippen LogP contribution >= 0.6 is 23.2 Å². The number of halogens is 4. The Morgan fingerprint density at radius 3 is 2.38 bits per heavy atom. The maximum absolute atomic E-state index is 13.1. The van der Waals surface area contributed by atoms with Crippen molar-refractivity contribution in [2.75, 3.05) is 26.1 Å². The summed E-state index contributed by atoms with van der Waals surface area (Å²) in [6, 6.07) is 9.20. The van der Waals surface area contributed by atoms with Crippen LogP contribution in [0.25, 0.3) is 0 Å². The van der Waals surface area contributed by atoms with Gasteiger partial charge < -0.3 is 23.7 Å². The minimum absolute atomic E-state index is 0.0461. The van der Waals surface area contributed by atoms with Gasteiger partial charge in [0.2, 0.25) is 0 Å². The van der Waals surface area contributed by atoms with Crippen molar-refractivity contribution >= 4 is 35.0 Å². The highest BCUT2D eigenvalue weighted by molar-refractivity contribution is 6.36. The molecule has 1 atom stereocenters. The second-order valence-electron chi connectivity index (χ2n) is 8.80. The molecule has 40 heavy (non-hydrogen) atoms. The Kier molecular flexibility index (Phi) is 11.5. The molecule has 0 radical (unpaired) electrons. The molecule has 1 aliphatic carbocycles. The van der Waals surface area contributed by atoms with E-state index >= 15 is 0 Å². The van der Waals surface area contributed by atoms with Gasteiger partial charge in [-0.05, 0) is 61.1 Å². The van der Waals surface area contributed by atoms with Crippen LogP contribution in [0.1, 0.15) is 37.9 Å². The fourth-order valence-electron chi connectivity index (χ4n) is 3.73. The number of carbonyl (C=O) groups is 1. The van der Waals surface area contributed by atoms with Gasteiger partial charge in [0.1, 0.15) is 6.10 Å². The fourth-order valence-corrected chi connectivity index (χ4v) is 4.14. The molecule has 2 aromatic rings. The lowest BCUT2D eigenvalue weighted by Crippen LogP contribution is -2.18. The molecular weight excluding hydrogens is 567 g/mol. The molecule has 1 N–H and O–H groups in total. The molecule has 0 spiro atoms. The lowest BCUT2D eigenvalue weighted by atomic mass is 9.99.